The van der Waals surface area contributed by atoms with Crippen LogP contribution in [0.2, 0.25) is 0 Å². The predicted octanol–water partition coefficient (Wildman–Crippen LogP) is 1.54. The summed E-state index contributed by atoms with van der Waals surface area (Å²) in [6.45, 7) is 8.41. The van der Waals surface area contributed by atoms with Crippen molar-refractivity contribution in [2.75, 3.05) is 6.54 Å². The lowest BCUT2D eigenvalue weighted by Crippen LogP contribution is -2.48. The summed E-state index contributed by atoms with van der Waals surface area (Å²) < 4.78 is 0. The van der Waals surface area contributed by atoms with Crippen molar-refractivity contribution in [1.82, 2.24) is 4.90 Å². The van der Waals surface area contributed by atoms with Crippen LogP contribution in [-0.4, -0.2) is 29.4 Å². The zero-order valence-electron chi connectivity index (χ0n) is 9.78. The van der Waals surface area contributed by atoms with Crippen LogP contribution in [0.4, 0.5) is 0 Å². The minimum atomic E-state index is -0.351. The second-order valence-corrected chi connectivity index (χ2v) is 4.42. The van der Waals surface area contributed by atoms with Gasteiger partial charge in [0.25, 0.3) is 0 Å². The van der Waals surface area contributed by atoms with Crippen LogP contribution >= 0.6 is 0 Å². The van der Waals surface area contributed by atoms with Crippen molar-refractivity contribution in [2.45, 2.75) is 45.2 Å². The van der Waals surface area contributed by atoms with E-state index in [0.717, 1.165) is 19.3 Å². The van der Waals surface area contributed by atoms with Gasteiger partial charge >= 0.3 is 0 Å². The average molecular weight is 210 g/mol. The Kier molecular flexibility index (Phi) is 4.33. The molecule has 2 atom stereocenters. The van der Waals surface area contributed by atoms with E-state index >= 15 is 0 Å². The van der Waals surface area contributed by atoms with E-state index in [4.69, 9.17) is 5.73 Å². The lowest BCUT2D eigenvalue weighted by molar-refractivity contribution is -0.133. The molecule has 3 nitrogen and oxygen atoms in total. The summed E-state index contributed by atoms with van der Waals surface area (Å²) in [7, 11) is 0. The summed E-state index contributed by atoms with van der Waals surface area (Å²) in [6.07, 6.45) is 4.96. The molecule has 3 heteroatoms. The van der Waals surface area contributed by atoms with Crippen LogP contribution in [-0.2, 0) is 4.79 Å². The van der Waals surface area contributed by atoms with Crippen LogP contribution in [0.15, 0.2) is 12.7 Å². The van der Waals surface area contributed by atoms with Crippen LogP contribution in [0, 0.1) is 5.92 Å². The Labute approximate surface area is 92.3 Å². The van der Waals surface area contributed by atoms with Crippen molar-refractivity contribution in [2.24, 2.45) is 11.7 Å². The fourth-order valence-electron chi connectivity index (χ4n) is 1.63. The molecule has 0 bridgehead atoms. The normalized spacial score (nSPS) is 19.4. The van der Waals surface area contributed by atoms with Gasteiger partial charge in [-0.25, -0.2) is 0 Å². The summed E-state index contributed by atoms with van der Waals surface area (Å²) >= 11 is 0. The van der Waals surface area contributed by atoms with E-state index in [9.17, 15) is 4.79 Å². The van der Waals surface area contributed by atoms with Gasteiger partial charge in [0.05, 0.1) is 6.04 Å². The van der Waals surface area contributed by atoms with Crippen molar-refractivity contribution in [3.63, 3.8) is 0 Å². The second-order valence-electron chi connectivity index (χ2n) is 4.42. The lowest BCUT2D eigenvalue weighted by Gasteiger charge is -2.27. The molecular formula is C12H22N2O. The second kappa shape index (κ2) is 5.31. The number of carbonyl (C=O) groups is 1. The maximum absolute atomic E-state index is 12.1. The van der Waals surface area contributed by atoms with Gasteiger partial charge in [0, 0.05) is 12.6 Å². The van der Waals surface area contributed by atoms with Crippen LogP contribution < -0.4 is 5.73 Å². The van der Waals surface area contributed by atoms with Crippen LogP contribution in [0.3, 0.4) is 0 Å². The van der Waals surface area contributed by atoms with Crippen LogP contribution in [0.25, 0.3) is 0 Å². The first-order chi connectivity index (χ1) is 7.11. The highest BCUT2D eigenvalue weighted by Gasteiger charge is 2.35. The third-order valence-electron chi connectivity index (χ3n) is 3.14. The van der Waals surface area contributed by atoms with Crippen LogP contribution in [0.1, 0.15) is 33.1 Å². The fourth-order valence-corrected chi connectivity index (χ4v) is 1.63. The number of carbonyl (C=O) groups excluding carboxylic acids is 1. The maximum Gasteiger partial charge on any atom is 0.240 e. The van der Waals surface area contributed by atoms with Crippen molar-refractivity contribution in [3.8, 4) is 0 Å². The van der Waals surface area contributed by atoms with Crippen molar-refractivity contribution in [1.29, 1.82) is 0 Å². The summed E-state index contributed by atoms with van der Waals surface area (Å²) in [5.41, 5.74) is 5.94. The molecule has 2 N–H and O–H groups in total. The largest absolute Gasteiger partial charge is 0.335 e. The summed E-state index contributed by atoms with van der Waals surface area (Å²) in [5.74, 6) is 0.343. The molecule has 0 saturated heterocycles. The monoisotopic (exact) mass is 210 g/mol. The van der Waals surface area contributed by atoms with Gasteiger partial charge in [-0.2, -0.15) is 0 Å². The Hall–Kier alpha value is -0.830. The van der Waals surface area contributed by atoms with Gasteiger partial charge < -0.3 is 10.6 Å². The number of amides is 1. The molecule has 1 unspecified atom stereocenters. The third-order valence-corrected chi connectivity index (χ3v) is 3.14. The smallest absolute Gasteiger partial charge is 0.240 e. The van der Waals surface area contributed by atoms with Gasteiger partial charge in [-0.3, -0.25) is 4.79 Å². The molecule has 1 saturated carbocycles. The molecular weight excluding hydrogens is 188 g/mol. The van der Waals surface area contributed by atoms with Crippen molar-refractivity contribution >= 4 is 5.91 Å². The zero-order valence-corrected chi connectivity index (χ0v) is 9.78. The first kappa shape index (κ1) is 12.2. The van der Waals surface area contributed by atoms with E-state index in [0.29, 0.717) is 12.6 Å². The van der Waals surface area contributed by atoms with Gasteiger partial charge in [-0.05, 0) is 18.8 Å². The standard InChI is InChI=1S/C12H22N2O/c1-4-8-14(10-6-7-10)12(15)11(13)9(3)5-2/h4,9-11H,1,5-8,13H2,2-3H3/t9?,11-/m0/s1. The molecule has 1 aliphatic rings. The molecule has 0 heterocycles. The Morgan fingerprint density at radius 2 is 2.27 bits per heavy atom. The number of rotatable bonds is 6. The van der Waals surface area contributed by atoms with Crippen LogP contribution in [0.5, 0.6) is 0 Å². The molecule has 15 heavy (non-hydrogen) atoms. The number of nitrogens with two attached hydrogens (primary N) is 1. The van der Waals surface area contributed by atoms with E-state index in [2.05, 4.69) is 13.5 Å². The van der Waals surface area contributed by atoms with E-state index in [1.54, 1.807) is 6.08 Å². The Balaban J connectivity index is 2.58. The SMILES string of the molecule is C=CCN(C(=O)[C@@H](N)C(C)CC)C1CC1. The summed E-state index contributed by atoms with van der Waals surface area (Å²) in [5, 5.41) is 0. The molecule has 1 fully saturated rings. The van der Waals surface area contributed by atoms with E-state index in [1.165, 1.54) is 0 Å². The number of hydrogen-bond acceptors (Lipinski definition) is 2. The number of nitrogens with zero attached hydrogens (tertiary/aromatic N) is 1. The fraction of sp³-hybridized carbons (Fsp3) is 0.750. The van der Waals surface area contributed by atoms with Crippen molar-refractivity contribution in [3.05, 3.63) is 12.7 Å². The molecule has 1 rings (SSSR count). The molecule has 0 aromatic heterocycles. The molecule has 0 spiro atoms. The summed E-state index contributed by atoms with van der Waals surface area (Å²) in [6, 6.07) is 0.0705. The number of hydrogen-bond donors (Lipinski definition) is 1. The summed E-state index contributed by atoms with van der Waals surface area (Å²) in [4.78, 5) is 13.9. The van der Waals surface area contributed by atoms with Gasteiger partial charge in [0.1, 0.15) is 0 Å². The third kappa shape index (κ3) is 3.06. The maximum atomic E-state index is 12.1. The zero-order chi connectivity index (χ0) is 11.4. The quantitative estimate of drug-likeness (QED) is 0.676. The average Bonchev–Trinajstić information content (AvgIpc) is 3.06. The highest BCUT2D eigenvalue weighted by molar-refractivity contribution is 5.82. The predicted molar refractivity (Wildman–Crippen MR) is 62.4 cm³/mol. The Morgan fingerprint density at radius 3 is 2.67 bits per heavy atom. The molecule has 0 radical (unpaired) electrons. The Morgan fingerprint density at radius 1 is 1.67 bits per heavy atom. The minimum Gasteiger partial charge on any atom is -0.335 e. The van der Waals surface area contributed by atoms with Gasteiger partial charge in [-0.1, -0.05) is 26.3 Å². The topological polar surface area (TPSA) is 46.3 Å². The minimum absolute atomic E-state index is 0.0896. The molecule has 1 amide bonds. The highest BCUT2D eigenvalue weighted by atomic mass is 16.2. The van der Waals surface area contributed by atoms with Crippen molar-refractivity contribution < 1.29 is 4.79 Å². The first-order valence-electron chi connectivity index (χ1n) is 5.78. The highest BCUT2D eigenvalue weighted by Crippen LogP contribution is 2.27. The lowest BCUT2D eigenvalue weighted by atomic mass is 9.99. The van der Waals surface area contributed by atoms with Gasteiger partial charge in [0.2, 0.25) is 5.91 Å². The molecule has 0 aromatic rings. The van der Waals surface area contributed by atoms with E-state index in [1.807, 2.05) is 11.8 Å². The van der Waals surface area contributed by atoms with E-state index in [-0.39, 0.29) is 17.9 Å². The van der Waals surface area contributed by atoms with Gasteiger partial charge in [-0.15, -0.1) is 6.58 Å². The van der Waals surface area contributed by atoms with Gasteiger partial charge in [0.15, 0.2) is 0 Å². The molecule has 0 aliphatic heterocycles. The molecule has 86 valence electrons. The molecule has 1 aliphatic carbocycles. The van der Waals surface area contributed by atoms with E-state index < -0.39 is 0 Å². The molecule has 0 aromatic carbocycles. The Bertz CT molecular complexity index is 236. The first-order valence-corrected chi connectivity index (χ1v) is 5.78.